The quantitative estimate of drug-likeness (QED) is 0.822. The van der Waals surface area contributed by atoms with Gasteiger partial charge in [0.15, 0.2) is 5.13 Å². The van der Waals surface area contributed by atoms with Gasteiger partial charge in [-0.2, -0.15) is 5.26 Å². The van der Waals surface area contributed by atoms with Gasteiger partial charge >= 0.3 is 5.97 Å². The van der Waals surface area contributed by atoms with Crippen molar-refractivity contribution in [3.05, 3.63) is 10.6 Å². The molecule has 0 aromatic carbocycles. The van der Waals surface area contributed by atoms with Gasteiger partial charge in [-0.25, -0.2) is 4.98 Å². The van der Waals surface area contributed by atoms with E-state index >= 15 is 0 Å². The first-order valence-electron chi connectivity index (χ1n) is 6.50. The van der Waals surface area contributed by atoms with Gasteiger partial charge in [0.05, 0.1) is 24.8 Å². The second-order valence-electron chi connectivity index (χ2n) is 4.62. The van der Waals surface area contributed by atoms with Gasteiger partial charge in [-0.05, 0) is 12.8 Å². The highest BCUT2D eigenvalue weighted by molar-refractivity contribution is 7.15. The van der Waals surface area contributed by atoms with E-state index in [1.54, 1.807) is 7.11 Å². The summed E-state index contributed by atoms with van der Waals surface area (Å²) in [5.74, 6) is -1.28. The monoisotopic (exact) mass is 295 g/mol. The zero-order valence-electron chi connectivity index (χ0n) is 11.3. The van der Waals surface area contributed by atoms with Crippen molar-refractivity contribution in [1.29, 1.82) is 5.26 Å². The van der Waals surface area contributed by atoms with Gasteiger partial charge in [0, 0.05) is 25.1 Å². The minimum atomic E-state index is -0.805. The molecule has 1 heterocycles. The first kappa shape index (κ1) is 14.8. The van der Waals surface area contributed by atoms with Crippen LogP contribution in [0.3, 0.4) is 0 Å². The SMILES string of the molecule is COCCN(CCC#N)c1nc2c(s1)CCC2C(=O)O. The number of ether oxygens (including phenoxy) is 1. The van der Waals surface area contributed by atoms with Crippen LogP contribution in [-0.4, -0.2) is 42.9 Å². The molecule has 2 rings (SSSR count). The maximum Gasteiger partial charge on any atom is 0.312 e. The molecular weight excluding hydrogens is 278 g/mol. The van der Waals surface area contributed by atoms with E-state index in [-0.39, 0.29) is 0 Å². The summed E-state index contributed by atoms with van der Waals surface area (Å²) < 4.78 is 5.07. The van der Waals surface area contributed by atoms with Crippen molar-refractivity contribution in [2.75, 3.05) is 31.7 Å². The van der Waals surface area contributed by atoms with Crippen molar-refractivity contribution < 1.29 is 14.6 Å². The van der Waals surface area contributed by atoms with Crippen molar-refractivity contribution >= 4 is 22.4 Å². The largest absolute Gasteiger partial charge is 0.481 e. The van der Waals surface area contributed by atoms with Crippen LogP contribution in [-0.2, 0) is 16.0 Å². The number of nitriles is 1. The lowest BCUT2D eigenvalue weighted by molar-refractivity contribution is -0.138. The predicted octanol–water partition coefficient (Wildman–Crippen LogP) is 1.62. The molecule has 1 N–H and O–H groups in total. The van der Waals surface area contributed by atoms with E-state index in [4.69, 9.17) is 10.00 Å². The Labute approximate surface area is 121 Å². The normalized spacial score (nSPS) is 16.7. The molecule has 7 heteroatoms. The van der Waals surface area contributed by atoms with Gasteiger partial charge in [0.2, 0.25) is 0 Å². The van der Waals surface area contributed by atoms with E-state index in [1.165, 1.54) is 11.3 Å². The van der Waals surface area contributed by atoms with Gasteiger partial charge in [-0.3, -0.25) is 4.79 Å². The van der Waals surface area contributed by atoms with Crippen LogP contribution in [0.5, 0.6) is 0 Å². The maximum atomic E-state index is 11.2. The number of carboxylic acid groups (broad SMARTS) is 1. The van der Waals surface area contributed by atoms with Crippen LogP contribution in [0.4, 0.5) is 5.13 Å². The zero-order valence-corrected chi connectivity index (χ0v) is 12.2. The van der Waals surface area contributed by atoms with Crippen LogP contribution < -0.4 is 4.90 Å². The van der Waals surface area contributed by atoms with E-state index in [0.29, 0.717) is 38.2 Å². The molecule has 1 unspecified atom stereocenters. The Morgan fingerprint density at radius 2 is 2.45 bits per heavy atom. The Bertz CT molecular complexity index is 523. The topological polar surface area (TPSA) is 86.5 Å². The molecule has 1 aliphatic rings. The minimum Gasteiger partial charge on any atom is -0.481 e. The van der Waals surface area contributed by atoms with Crippen LogP contribution in [0.1, 0.15) is 29.3 Å². The number of carboxylic acids is 1. The van der Waals surface area contributed by atoms with Crippen molar-refractivity contribution in [2.45, 2.75) is 25.2 Å². The highest BCUT2D eigenvalue weighted by atomic mass is 32.1. The van der Waals surface area contributed by atoms with Gasteiger partial charge in [0.25, 0.3) is 0 Å². The van der Waals surface area contributed by atoms with Crippen molar-refractivity contribution in [2.24, 2.45) is 0 Å². The molecule has 6 nitrogen and oxygen atoms in total. The number of fused-ring (bicyclic) bond motifs is 1. The maximum absolute atomic E-state index is 11.2. The number of hydrogen-bond acceptors (Lipinski definition) is 6. The van der Waals surface area contributed by atoms with Gasteiger partial charge in [-0.1, -0.05) is 0 Å². The fourth-order valence-corrected chi connectivity index (χ4v) is 3.47. The number of aromatic nitrogens is 1. The molecule has 0 saturated heterocycles. The molecule has 0 spiro atoms. The summed E-state index contributed by atoms with van der Waals surface area (Å²) >= 11 is 1.54. The summed E-state index contributed by atoms with van der Waals surface area (Å²) in [4.78, 5) is 18.7. The molecule has 0 radical (unpaired) electrons. The second-order valence-corrected chi connectivity index (χ2v) is 5.68. The Morgan fingerprint density at radius 3 is 3.10 bits per heavy atom. The van der Waals surface area contributed by atoms with Crippen LogP contribution in [0, 0.1) is 11.3 Å². The molecule has 108 valence electrons. The molecule has 1 aromatic heterocycles. The average Bonchev–Trinajstić information content (AvgIpc) is 2.98. The number of carbonyl (C=O) groups is 1. The molecule has 0 aliphatic heterocycles. The van der Waals surface area contributed by atoms with E-state index in [1.807, 2.05) is 4.90 Å². The summed E-state index contributed by atoms with van der Waals surface area (Å²) in [6.07, 6.45) is 1.83. The Kier molecular flexibility index (Phi) is 4.93. The summed E-state index contributed by atoms with van der Waals surface area (Å²) in [5, 5.41) is 18.7. The summed E-state index contributed by atoms with van der Waals surface area (Å²) in [7, 11) is 1.63. The highest BCUT2D eigenvalue weighted by Gasteiger charge is 2.33. The number of anilines is 1. The highest BCUT2D eigenvalue weighted by Crippen LogP contribution is 2.39. The van der Waals surface area contributed by atoms with Crippen molar-refractivity contribution in [3.8, 4) is 6.07 Å². The molecule has 0 saturated carbocycles. The predicted molar refractivity (Wildman–Crippen MR) is 75.1 cm³/mol. The zero-order chi connectivity index (χ0) is 14.5. The number of methoxy groups -OCH3 is 1. The third-order valence-electron chi connectivity index (χ3n) is 3.33. The third-order valence-corrected chi connectivity index (χ3v) is 4.53. The first-order valence-corrected chi connectivity index (χ1v) is 7.32. The van der Waals surface area contributed by atoms with Crippen LogP contribution >= 0.6 is 11.3 Å². The number of aryl methyl sites for hydroxylation is 1. The van der Waals surface area contributed by atoms with Crippen molar-refractivity contribution in [3.63, 3.8) is 0 Å². The fraction of sp³-hybridized carbons (Fsp3) is 0.615. The van der Waals surface area contributed by atoms with Crippen molar-refractivity contribution in [1.82, 2.24) is 4.98 Å². The molecule has 20 heavy (non-hydrogen) atoms. The summed E-state index contributed by atoms with van der Waals surface area (Å²) in [5.41, 5.74) is 0.705. The van der Waals surface area contributed by atoms with Crippen LogP contribution in [0.2, 0.25) is 0 Å². The summed E-state index contributed by atoms with van der Waals surface area (Å²) in [6, 6.07) is 2.12. The molecule has 1 atom stereocenters. The number of nitrogens with zero attached hydrogens (tertiary/aromatic N) is 3. The molecule has 1 aliphatic carbocycles. The standard InChI is InChI=1S/C13H17N3O3S/c1-19-8-7-16(6-2-5-14)13-15-11-9(12(17)18)3-4-10(11)20-13/h9H,2-4,6-8H2,1H3,(H,17,18). The average molecular weight is 295 g/mol. The van der Waals surface area contributed by atoms with E-state index in [2.05, 4.69) is 11.1 Å². The third kappa shape index (κ3) is 3.08. The number of rotatable bonds is 7. The second kappa shape index (κ2) is 6.68. The van der Waals surface area contributed by atoms with Gasteiger partial charge in [0.1, 0.15) is 5.92 Å². The van der Waals surface area contributed by atoms with E-state index < -0.39 is 11.9 Å². The molecule has 0 bridgehead atoms. The lowest BCUT2D eigenvalue weighted by Crippen LogP contribution is -2.28. The minimum absolute atomic E-state index is 0.413. The van der Waals surface area contributed by atoms with Gasteiger partial charge in [-0.15, -0.1) is 11.3 Å². The lowest BCUT2D eigenvalue weighted by atomic mass is 10.1. The van der Waals surface area contributed by atoms with Crippen LogP contribution in [0.25, 0.3) is 0 Å². The lowest BCUT2D eigenvalue weighted by Gasteiger charge is -2.20. The number of aliphatic carboxylic acids is 1. The van der Waals surface area contributed by atoms with Gasteiger partial charge < -0.3 is 14.7 Å². The molecule has 0 amide bonds. The Balaban J connectivity index is 2.16. The molecule has 0 fully saturated rings. The van der Waals surface area contributed by atoms with Crippen LogP contribution in [0.15, 0.2) is 0 Å². The first-order chi connectivity index (χ1) is 9.67. The molecule has 1 aromatic rings. The Hall–Kier alpha value is -1.65. The molecular formula is C13H17N3O3S. The van der Waals surface area contributed by atoms with E-state index in [9.17, 15) is 9.90 Å². The summed E-state index contributed by atoms with van der Waals surface area (Å²) in [6.45, 7) is 1.80. The van der Waals surface area contributed by atoms with E-state index in [0.717, 1.165) is 16.4 Å². The smallest absolute Gasteiger partial charge is 0.312 e. The number of thiazole rings is 1. The Morgan fingerprint density at radius 1 is 1.65 bits per heavy atom. The number of hydrogen-bond donors (Lipinski definition) is 1. The fourth-order valence-electron chi connectivity index (χ4n) is 2.28.